The van der Waals surface area contributed by atoms with Crippen LogP contribution in [0.4, 0.5) is 11.5 Å². The molecule has 0 unspecified atom stereocenters. The Morgan fingerprint density at radius 2 is 1.71 bits per heavy atom. The van der Waals surface area contributed by atoms with E-state index in [-0.39, 0.29) is 12.5 Å². The summed E-state index contributed by atoms with van der Waals surface area (Å²) in [6, 6.07) is 18.3. The Morgan fingerprint density at radius 1 is 0.871 bits per heavy atom. The lowest BCUT2D eigenvalue weighted by molar-refractivity contribution is -0.120. The zero-order valence-electron chi connectivity index (χ0n) is 17.9. The fourth-order valence-electron chi connectivity index (χ4n) is 4.71. The minimum Gasteiger partial charge on any atom is -0.481 e. The highest BCUT2D eigenvalue weighted by molar-refractivity contribution is 5.96. The van der Waals surface area contributed by atoms with Gasteiger partial charge in [-0.2, -0.15) is 0 Å². The molecule has 0 N–H and O–H groups in total. The molecule has 0 aliphatic carbocycles. The van der Waals surface area contributed by atoms with E-state index in [9.17, 15) is 4.79 Å². The van der Waals surface area contributed by atoms with Crippen molar-refractivity contribution in [1.29, 1.82) is 0 Å². The summed E-state index contributed by atoms with van der Waals surface area (Å²) < 4.78 is 6.04. The number of hydrogen-bond donors (Lipinski definition) is 0. The van der Waals surface area contributed by atoms with Crippen LogP contribution in [0.1, 0.15) is 37.7 Å². The molecule has 5 heteroatoms. The Morgan fingerprint density at radius 3 is 2.58 bits per heavy atom. The summed E-state index contributed by atoms with van der Waals surface area (Å²) in [5, 5.41) is 1.03. The van der Waals surface area contributed by atoms with Crippen LogP contribution in [0.25, 0.3) is 10.9 Å². The highest BCUT2D eigenvalue weighted by atomic mass is 16.5. The van der Waals surface area contributed by atoms with Gasteiger partial charge in [0.15, 0.2) is 6.61 Å². The standard InChI is InChI=1S/C26H29N3O2/c30-25(29-18-8-11-20-9-3-4-12-22(20)29)19-31-23-13-7-10-21-14-15-24(27-26(21)23)28-16-5-1-2-6-17-28/h3-4,7,9-10,12-15H,1-2,5-6,8,11,16-19H2. The summed E-state index contributed by atoms with van der Waals surface area (Å²) >= 11 is 0. The number of amides is 1. The number of ether oxygens (including phenoxy) is 1. The van der Waals surface area contributed by atoms with Crippen molar-refractivity contribution in [3.63, 3.8) is 0 Å². The van der Waals surface area contributed by atoms with Crippen molar-refractivity contribution >= 4 is 28.3 Å². The van der Waals surface area contributed by atoms with Gasteiger partial charge in [0.25, 0.3) is 5.91 Å². The Bertz CT molecular complexity index is 1070. The van der Waals surface area contributed by atoms with Crippen LogP contribution in [-0.4, -0.2) is 37.1 Å². The Labute approximate surface area is 183 Å². The number of rotatable bonds is 4. The third-order valence-electron chi connectivity index (χ3n) is 6.36. The molecule has 0 spiro atoms. The summed E-state index contributed by atoms with van der Waals surface area (Å²) in [5.41, 5.74) is 3.08. The molecule has 1 saturated heterocycles. The molecule has 1 amide bonds. The predicted octanol–water partition coefficient (Wildman–Crippen LogP) is 4.97. The van der Waals surface area contributed by atoms with E-state index in [1.54, 1.807) is 0 Å². The number of anilines is 2. The maximum absolute atomic E-state index is 13.0. The lowest BCUT2D eigenvalue weighted by Crippen LogP contribution is -2.38. The van der Waals surface area contributed by atoms with Crippen molar-refractivity contribution in [2.45, 2.75) is 38.5 Å². The Hall–Kier alpha value is -3.08. The minimum absolute atomic E-state index is 0.00664. The molecule has 0 atom stereocenters. The molecule has 1 aromatic heterocycles. The Balaban J connectivity index is 1.35. The van der Waals surface area contributed by atoms with Crippen LogP contribution in [-0.2, 0) is 11.2 Å². The molecule has 2 aromatic carbocycles. The van der Waals surface area contributed by atoms with Crippen LogP contribution >= 0.6 is 0 Å². The van der Waals surface area contributed by atoms with Crippen molar-refractivity contribution in [3.8, 4) is 5.75 Å². The summed E-state index contributed by atoms with van der Waals surface area (Å²) in [5.74, 6) is 1.67. The van der Waals surface area contributed by atoms with Crippen LogP contribution < -0.4 is 14.5 Å². The molecule has 0 radical (unpaired) electrons. The molecule has 5 rings (SSSR count). The molecule has 3 aromatic rings. The summed E-state index contributed by atoms with van der Waals surface area (Å²) in [6.45, 7) is 2.86. The molecular weight excluding hydrogens is 386 g/mol. The highest BCUT2D eigenvalue weighted by Gasteiger charge is 2.23. The van der Waals surface area contributed by atoms with Crippen LogP contribution in [0, 0.1) is 0 Å². The normalized spacial score (nSPS) is 16.6. The van der Waals surface area contributed by atoms with Gasteiger partial charge in [0, 0.05) is 30.7 Å². The maximum atomic E-state index is 13.0. The largest absolute Gasteiger partial charge is 0.481 e. The molecule has 0 saturated carbocycles. The van der Waals surface area contributed by atoms with E-state index in [1.807, 2.05) is 41.3 Å². The zero-order chi connectivity index (χ0) is 21.0. The number of aromatic nitrogens is 1. The number of para-hydroxylation sites is 2. The number of fused-ring (bicyclic) bond motifs is 2. The third-order valence-corrected chi connectivity index (χ3v) is 6.36. The van der Waals surface area contributed by atoms with Gasteiger partial charge >= 0.3 is 0 Å². The lowest BCUT2D eigenvalue weighted by Gasteiger charge is -2.29. The quantitative estimate of drug-likeness (QED) is 0.603. The van der Waals surface area contributed by atoms with Crippen molar-refractivity contribution < 1.29 is 9.53 Å². The molecule has 1 fully saturated rings. The maximum Gasteiger partial charge on any atom is 0.264 e. The Kier molecular flexibility index (Phi) is 5.74. The summed E-state index contributed by atoms with van der Waals surface area (Å²) in [6.07, 6.45) is 7.01. The first kappa shape index (κ1) is 19.9. The fraction of sp³-hybridized carbons (Fsp3) is 0.385. The van der Waals surface area contributed by atoms with Gasteiger partial charge in [-0.1, -0.05) is 43.2 Å². The number of carbonyl (C=O) groups excluding carboxylic acids is 1. The average Bonchev–Trinajstić information content (AvgIpc) is 3.11. The average molecular weight is 416 g/mol. The molecule has 2 aliphatic rings. The number of aryl methyl sites for hydroxylation is 1. The topological polar surface area (TPSA) is 45.7 Å². The first-order chi connectivity index (χ1) is 15.3. The second-order valence-electron chi connectivity index (χ2n) is 8.46. The molecule has 5 nitrogen and oxygen atoms in total. The van der Waals surface area contributed by atoms with Gasteiger partial charge in [-0.05, 0) is 55.5 Å². The highest BCUT2D eigenvalue weighted by Crippen LogP contribution is 2.29. The van der Waals surface area contributed by atoms with Gasteiger partial charge in [0.1, 0.15) is 17.1 Å². The van der Waals surface area contributed by atoms with Gasteiger partial charge in [0.2, 0.25) is 0 Å². The summed E-state index contributed by atoms with van der Waals surface area (Å²) in [4.78, 5) is 22.2. The van der Waals surface area contributed by atoms with E-state index in [0.29, 0.717) is 5.75 Å². The minimum atomic E-state index is -0.00664. The predicted molar refractivity (Wildman–Crippen MR) is 125 cm³/mol. The van der Waals surface area contributed by atoms with Crippen molar-refractivity contribution in [3.05, 3.63) is 60.2 Å². The van der Waals surface area contributed by atoms with E-state index in [0.717, 1.165) is 54.9 Å². The second-order valence-corrected chi connectivity index (χ2v) is 8.46. The van der Waals surface area contributed by atoms with E-state index < -0.39 is 0 Å². The first-order valence-electron chi connectivity index (χ1n) is 11.5. The lowest BCUT2D eigenvalue weighted by atomic mass is 10.0. The van der Waals surface area contributed by atoms with E-state index in [1.165, 1.54) is 31.2 Å². The van der Waals surface area contributed by atoms with E-state index in [4.69, 9.17) is 9.72 Å². The van der Waals surface area contributed by atoms with Gasteiger partial charge in [-0.15, -0.1) is 0 Å². The number of nitrogens with zero attached hydrogens (tertiary/aromatic N) is 3. The number of carbonyl (C=O) groups is 1. The van der Waals surface area contributed by atoms with Gasteiger partial charge < -0.3 is 14.5 Å². The van der Waals surface area contributed by atoms with E-state index >= 15 is 0 Å². The number of benzene rings is 2. The van der Waals surface area contributed by atoms with Crippen molar-refractivity contribution in [1.82, 2.24) is 4.98 Å². The van der Waals surface area contributed by atoms with Gasteiger partial charge in [-0.25, -0.2) is 4.98 Å². The second kappa shape index (κ2) is 8.96. The molecule has 31 heavy (non-hydrogen) atoms. The number of pyridine rings is 1. The molecule has 3 heterocycles. The molecule has 2 aliphatic heterocycles. The molecule has 160 valence electrons. The molecular formula is C26H29N3O2. The van der Waals surface area contributed by atoms with Crippen molar-refractivity contribution in [2.24, 2.45) is 0 Å². The SMILES string of the molecule is O=C(COc1cccc2ccc(N3CCCCCC3)nc12)N1CCCc2ccccc21. The smallest absolute Gasteiger partial charge is 0.264 e. The first-order valence-corrected chi connectivity index (χ1v) is 11.5. The van der Waals surface area contributed by atoms with Crippen LogP contribution in [0.2, 0.25) is 0 Å². The zero-order valence-corrected chi connectivity index (χ0v) is 17.9. The number of hydrogen-bond acceptors (Lipinski definition) is 4. The van der Waals surface area contributed by atoms with Crippen LogP contribution in [0.5, 0.6) is 5.75 Å². The third kappa shape index (κ3) is 4.22. The molecule has 0 bridgehead atoms. The van der Waals surface area contributed by atoms with Crippen LogP contribution in [0.3, 0.4) is 0 Å². The van der Waals surface area contributed by atoms with Gasteiger partial charge in [0.05, 0.1) is 0 Å². The monoisotopic (exact) mass is 415 g/mol. The van der Waals surface area contributed by atoms with Gasteiger partial charge in [-0.3, -0.25) is 4.79 Å². The van der Waals surface area contributed by atoms with Crippen LogP contribution in [0.15, 0.2) is 54.6 Å². The summed E-state index contributed by atoms with van der Waals surface area (Å²) in [7, 11) is 0. The van der Waals surface area contributed by atoms with E-state index in [2.05, 4.69) is 23.1 Å². The fourth-order valence-corrected chi connectivity index (χ4v) is 4.71. The van der Waals surface area contributed by atoms with Crippen molar-refractivity contribution in [2.75, 3.05) is 36.0 Å².